The highest BCUT2D eigenvalue weighted by atomic mass is 32.1. The molecule has 4 heteroatoms. The zero-order valence-corrected chi connectivity index (χ0v) is 10.5. The zero-order valence-electron chi connectivity index (χ0n) is 9.66. The molecular weight excluding hydrogens is 208 g/mol. The summed E-state index contributed by atoms with van der Waals surface area (Å²) in [4.78, 5) is 5.13. The molecule has 0 fully saturated rings. The number of thiazole rings is 1. The quantitative estimate of drug-likeness (QED) is 0.778. The molecule has 0 amide bonds. The molecule has 0 spiro atoms. The van der Waals surface area contributed by atoms with Crippen LogP contribution in [0.4, 0.5) is 0 Å². The van der Waals surface area contributed by atoms with Gasteiger partial charge in [-0.3, -0.25) is 4.98 Å². The molecule has 1 aromatic rings. The second-order valence-electron chi connectivity index (χ2n) is 4.67. The Morgan fingerprint density at radius 1 is 1.60 bits per heavy atom. The van der Waals surface area contributed by atoms with Crippen LogP contribution in [-0.2, 0) is 6.42 Å². The Bertz CT molecular complexity index is 270. The molecule has 0 saturated heterocycles. The van der Waals surface area contributed by atoms with E-state index in [9.17, 15) is 5.11 Å². The second kappa shape index (κ2) is 5.58. The van der Waals surface area contributed by atoms with Crippen LogP contribution < -0.4 is 5.32 Å². The molecule has 1 atom stereocenters. The highest BCUT2D eigenvalue weighted by molar-refractivity contribution is 7.09. The van der Waals surface area contributed by atoms with E-state index >= 15 is 0 Å². The minimum absolute atomic E-state index is 0.615. The van der Waals surface area contributed by atoms with Crippen molar-refractivity contribution in [3.63, 3.8) is 0 Å². The van der Waals surface area contributed by atoms with Gasteiger partial charge in [0.05, 0.1) is 11.1 Å². The van der Waals surface area contributed by atoms with Crippen molar-refractivity contribution in [3.8, 4) is 0 Å². The van der Waals surface area contributed by atoms with E-state index in [0.717, 1.165) is 11.4 Å². The number of nitrogens with one attached hydrogen (secondary N) is 1. The summed E-state index contributed by atoms with van der Waals surface area (Å²) in [5.74, 6) is 0.615. The monoisotopic (exact) mass is 228 g/mol. The molecule has 0 bridgehead atoms. The number of nitrogens with zero attached hydrogens (tertiary/aromatic N) is 1. The van der Waals surface area contributed by atoms with Crippen molar-refractivity contribution in [2.45, 2.75) is 32.8 Å². The van der Waals surface area contributed by atoms with Gasteiger partial charge in [-0.1, -0.05) is 13.8 Å². The molecule has 15 heavy (non-hydrogen) atoms. The Morgan fingerprint density at radius 3 is 2.87 bits per heavy atom. The van der Waals surface area contributed by atoms with Gasteiger partial charge in [-0.15, -0.1) is 11.3 Å². The summed E-state index contributed by atoms with van der Waals surface area (Å²) >= 11 is 1.59. The summed E-state index contributed by atoms with van der Waals surface area (Å²) in [5, 5.41) is 13.4. The molecule has 1 aromatic heterocycles. The fraction of sp³-hybridized carbons (Fsp3) is 0.727. The maximum absolute atomic E-state index is 10.1. The average molecular weight is 228 g/mol. The Morgan fingerprint density at radius 2 is 2.33 bits per heavy atom. The van der Waals surface area contributed by atoms with Crippen LogP contribution in [0.5, 0.6) is 0 Å². The first-order valence-electron chi connectivity index (χ1n) is 5.30. The van der Waals surface area contributed by atoms with E-state index in [1.165, 1.54) is 0 Å². The highest BCUT2D eigenvalue weighted by Gasteiger charge is 2.21. The summed E-state index contributed by atoms with van der Waals surface area (Å²) in [6, 6.07) is 0. The van der Waals surface area contributed by atoms with Gasteiger partial charge >= 0.3 is 0 Å². The summed E-state index contributed by atoms with van der Waals surface area (Å²) in [6.45, 7) is 7.75. The van der Waals surface area contributed by atoms with Gasteiger partial charge in [0.25, 0.3) is 0 Å². The molecule has 2 N–H and O–H groups in total. The van der Waals surface area contributed by atoms with Gasteiger partial charge in [0.2, 0.25) is 0 Å². The van der Waals surface area contributed by atoms with Crippen LogP contribution in [0.1, 0.15) is 25.6 Å². The fourth-order valence-corrected chi connectivity index (χ4v) is 2.17. The van der Waals surface area contributed by atoms with Gasteiger partial charge in [0.1, 0.15) is 0 Å². The van der Waals surface area contributed by atoms with Gasteiger partial charge < -0.3 is 10.4 Å². The van der Waals surface area contributed by atoms with Crippen molar-refractivity contribution in [2.24, 2.45) is 5.92 Å². The molecule has 1 rings (SSSR count). The van der Waals surface area contributed by atoms with Gasteiger partial charge in [0.15, 0.2) is 0 Å². The molecule has 86 valence electrons. The minimum atomic E-state index is -0.679. The van der Waals surface area contributed by atoms with Crippen molar-refractivity contribution in [1.82, 2.24) is 10.3 Å². The lowest BCUT2D eigenvalue weighted by Crippen LogP contribution is -2.40. The predicted octanol–water partition coefficient (Wildman–Crippen LogP) is 1.68. The lowest BCUT2D eigenvalue weighted by Gasteiger charge is -2.23. The Hall–Kier alpha value is -0.450. The first kappa shape index (κ1) is 12.6. The topological polar surface area (TPSA) is 45.1 Å². The Labute approximate surface area is 95.6 Å². The number of aromatic nitrogens is 1. The number of rotatable bonds is 6. The van der Waals surface area contributed by atoms with Crippen LogP contribution in [-0.4, -0.2) is 28.8 Å². The SMILES string of the molecule is CC(C)CNCC(C)(O)Cc1cncs1. The van der Waals surface area contributed by atoms with Crippen molar-refractivity contribution < 1.29 is 5.11 Å². The maximum Gasteiger partial charge on any atom is 0.0794 e. The van der Waals surface area contributed by atoms with E-state index in [-0.39, 0.29) is 0 Å². The van der Waals surface area contributed by atoms with Crippen molar-refractivity contribution in [3.05, 3.63) is 16.6 Å². The third-order valence-electron chi connectivity index (χ3n) is 2.10. The van der Waals surface area contributed by atoms with Crippen LogP contribution >= 0.6 is 11.3 Å². The largest absolute Gasteiger partial charge is 0.388 e. The van der Waals surface area contributed by atoms with Gasteiger partial charge in [-0.05, 0) is 19.4 Å². The van der Waals surface area contributed by atoms with Crippen LogP contribution in [0.25, 0.3) is 0 Å². The standard InChI is InChI=1S/C11H20N2OS/c1-9(2)5-12-7-11(3,14)4-10-6-13-8-15-10/h6,8-9,12,14H,4-5,7H2,1-3H3. The first-order chi connectivity index (χ1) is 6.99. The van der Waals surface area contributed by atoms with Crippen LogP contribution in [0.3, 0.4) is 0 Å². The molecule has 0 aliphatic rings. The normalized spacial score (nSPS) is 15.5. The fourth-order valence-electron chi connectivity index (χ4n) is 1.40. The molecular formula is C11H20N2OS. The van der Waals surface area contributed by atoms with E-state index in [1.807, 2.05) is 13.1 Å². The van der Waals surface area contributed by atoms with Gasteiger partial charge in [-0.25, -0.2) is 0 Å². The third kappa shape index (κ3) is 5.25. The van der Waals surface area contributed by atoms with E-state index in [0.29, 0.717) is 18.9 Å². The highest BCUT2D eigenvalue weighted by Crippen LogP contribution is 2.15. The zero-order chi connectivity index (χ0) is 11.3. The van der Waals surface area contributed by atoms with E-state index < -0.39 is 5.60 Å². The first-order valence-corrected chi connectivity index (χ1v) is 6.18. The number of aliphatic hydroxyl groups is 1. The van der Waals surface area contributed by atoms with Crippen LogP contribution in [0.15, 0.2) is 11.7 Å². The van der Waals surface area contributed by atoms with Gasteiger partial charge in [0, 0.05) is 24.0 Å². The molecule has 0 radical (unpaired) electrons. The van der Waals surface area contributed by atoms with E-state index in [1.54, 1.807) is 16.8 Å². The molecule has 3 nitrogen and oxygen atoms in total. The summed E-state index contributed by atoms with van der Waals surface area (Å²) in [6.07, 6.45) is 2.49. The molecule has 0 saturated carbocycles. The molecule has 0 aliphatic heterocycles. The Balaban J connectivity index is 2.32. The van der Waals surface area contributed by atoms with Crippen molar-refractivity contribution >= 4 is 11.3 Å². The third-order valence-corrected chi connectivity index (χ3v) is 2.88. The minimum Gasteiger partial charge on any atom is -0.388 e. The summed E-state index contributed by atoms with van der Waals surface area (Å²) in [5.41, 5.74) is 1.12. The van der Waals surface area contributed by atoms with E-state index in [4.69, 9.17) is 0 Å². The van der Waals surface area contributed by atoms with Crippen molar-refractivity contribution in [2.75, 3.05) is 13.1 Å². The molecule has 0 aromatic carbocycles. The lowest BCUT2D eigenvalue weighted by atomic mass is 10.0. The Kier molecular flexibility index (Phi) is 4.70. The molecule has 1 unspecified atom stereocenters. The van der Waals surface area contributed by atoms with Crippen LogP contribution in [0.2, 0.25) is 0 Å². The molecule has 1 heterocycles. The van der Waals surface area contributed by atoms with E-state index in [2.05, 4.69) is 24.1 Å². The lowest BCUT2D eigenvalue weighted by molar-refractivity contribution is 0.0603. The molecule has 0 aliphatic carbocycles. The average Bonchev–Trinajstić information content (AvgIpc) is 2.54. The smallest absolute Gasteiger partial charge is 0.0794 e. The predicted molar refractivity (Wildman–Crippen MR) is 64.1 cm³/mol. The summed E-state index contributed by atoms with van der Waals surface area (Å²) < 4.78 is 0. The van der Waals surface area contributed by atoms with Crippen molar-refractivity contribution in [1.29, 1.82) is 0 Å². The number of hydrogen-bond acceptors (Lipinski definition) is 4. The number of hydrogen-bond donors (Lipinski definition) is 2. The van der Waals surface area contributed by atoms with Gasteiger partial charge in [-0.2, -0.15) is 0 Å². The maximum atomic E-state index is 10.1. The second-order valence-corrected chi connectivity index (χ2v) is 5.64. The summed E-state index contributed by atoms with van der Waals surface area (Å²) in [7, 11) is 0. The van der Waals surface area contributed by atoms with Crippen LogP contribution in [0, 0.1) is 5.92 Å².